The van der Waals surface area contributed by atoms with Gasteiger partial charge in [0, 0.05) is 6.07 Å². The summed E-state index contributed by atoms with van der Waals surface area (Å²) in [7, 11) is 0. The summed E-state index contributed by atoms with van der Waals surface area (Å²) in [6.45, 7) is 1.87. The van der Waals surface area contributed by atoms with Crippen LogP contribution < -0.4 is 5.43 Å². The zero-order chi connectivity index (χ0) is 17.5. The minimum atomic E-state index is -0.669. The number of nitrogens with one attached hydrogen (secondary N) is 1. The molecule has 1 N–H and O–H groups in total. The molecule has 0 aromatic heterocycles. The average Bonchev–Trinajstić information content (AvgIpc) is 2.59. The maximum atomic E-state index is 11.1. The van der Waals surface area contributed by atoms with Crippen molar-refractivity contribution in [2.24, 2.45) is 5.10 Å². The first kappa shape index (κ1) is 17.3. The van der Waals surface area contributed by atoms with Gasteiger partial charge in [0.2, 0.25) is 0 Å². The Morgan fingerprint density at radius 1 is 1.25 bits per heavy atom. The summed E-state index contributed by atoms with van der Waals surface area (Å²) in [5.41, 5.74) is 3.88. The molecule has 0 atom stereocenters. The Kier molecular flexibility index (Phi) is 5.78. The smallest absolute Gasteiger partial charge is 0.271 e. The molecule has 1 aliphatic carbocycles. The highest BCUT2D eigenvalue weighted by Gasteiger charge is 2.19. The predicted octanol–water partition coefficient (Wildman–Crippen LogP) is 4.35. The molecule has 0 spiro atoms. The molecule has 126 valence electrons. The lowest BCUT2D eigenvalue weighted by molar-refractivity contribution is -0.393. The van der Waals surface area contributed by atoms with Gasteiger partial charge in [-0.3, -0.25) is 25.7 Å². The van der Waals surface area contributed by atoms with Gasteiger partial charge in [-0.2, -0.15) is 5.10 Å². The van der Waals surface area contributed by atoms with E-state index < -0.39 is 9.85 Å². The third kappa shape index (κ3) is 4.25. The van der Waals surface area contributed by atoms with E-state index in [-0.39, 0.29) is 17.1 Å². The lowest BCUT2D eigenvalue weighted by atomic mass is 9.96. The lowest BCUT2D eigenvalue weighted by Crippen LogP contribution is -2.07. The number of anilines is 1. The van der Waals surface area contributed by atoms with Crippen molar-refractivity contribution in [1.29, 1.82) is 0 Å². The molecule has 1 aromatic carbocycles. The van der Waals surface area contributed by atoms with Crippen LogP contribution in [0.25, 0.3) is 0 Å². The molecule has 0 saturated carbocycles. The number of hydrazone groups is 1. The van der Waals surface area contributed by atoms with Crippen LogP contribution in [0.4, 0.5) is 17.1 Å². The monoisotopic (exact) mass is 330 g/mol. The van der Waals surface area contributed by atoms with Gasteiger partial charge in [-0.1, -0.05) is 12.2 Å². The Labute approximate surface area is 138 Å². The minimum absolute atomic E-state index is 0.115. The summed E-state index contributed by atoms with van der Waals surface area (Å²) in [6, 6.07) is 3.43. The summed E-state index contributed by atoms with van der Waals surface area (Å²) in [5.74, 6) is 0. The van der Waals surface area contributed by atoms with Gasteiger partial charge in [-0.25, -0.2) is 0 Å². The molecule has 0 aliphatic heterocycles. The van der Waals surface area contributed by atoms with E-state index in [9.17, 15) is 20.2 Å². The third-order valence-corrected chi connectivity index (χ3v) is 3.63. The molecule has 0 unspecified atom stereocenters. The quantitative estimate of drug-likeness (QED) is 0.473. The van der Waals surface area contributed by atoms with Gasteiger partial charge in [0.1, 0.15) is 5.69 Å². The molecule has 0 amide bonds. The third-order valence-electron chi connectivity index (χ3n) is 3.63. The van der Waals surface area contributed by atoms with E-state index in [1.807, 2.05) is 19.1 Å². The van der Waals surface area contributed by atoms with E-state index in [4.69, 9.17) is 0 Å². The van der Waals surface area contributed by atoms with Crippen LogP contribution in [0, 0.1) is 20.2 Å². The van der Waals surface area contributed by atoms with E-state index in [0.717, 1.165) is 37.3 Å². The summed E-state index contributed by atoms with van der Waals surface area (Å²) in [4.78, 5) is 20.6. The number of benzene rings is 1. The summed E-state index contributed by atoms with van der Waals surface area (Å²) in [5, 5.41) is 26.2. The van der Waals surface area contributed by atoms with Crippen LogP contribution in [-0.4, -0.2) is 15.6 Å². The number of nitro groups is 2. The molecule has 1 aromatic rings. The van der Waals surface area contributed by atoms with Crippen molar-refractivity contribution in [2.45, 2.75) is 32.6 Å². The molecule has 0 fully saturated rings. The predicted molar refractivity (Wildman–Crippen MR) is 92.2 cm³/mol. The molecule has 8 nitrogen and oxygen atoms in total. The molecule has 2 rings (SSSR count). The van der Waals surface area contributed by atoms with Crippen molar-refractivity contribution in [3.05, 3.63) is 62.2 Å². The van der Waals surface area contributed by atoms with Gasteiger partial charge in [0.05, 0.1) is 21.6 Å². The maximum absolute atomic E-state index is 11.1. The van der Waals surface area contributed by atoms with Crippen molar-refractivity contribution in [1.82, 2.24) is 0 Å². The highest BCUT2D eigenvalue weighted by molar-refractivity contribution is 6.08. The van der Waals surface area contributed by atoms with Crippen LogP contribution in [0.2, 0.25) is 0 Å². The minimum Gasteiger partial charge on any atom is -0.271 e. The van der Waals surface area contributed by atoms with Gasteiger partial charge < -0.3 is 0 Å². The van der Waals surface area contributed by atoms with Crippen LogP contribution >= 0.6 is 0 Å². The van der Waals surface area contributed by atoms with E-state index in [1.54, 1.807) is 0 Å². The zero-order valence-corrected chi connectivity index (χ0v) is 13.3. The summed E-state index contributed by atoms with van der Waals surface area (Å²) in [6.07, 6.45) is 9.93. The van der Waals surface area contributed by atoms with E-state index in [2.05, 4.69) is 16.6 Å². The number of nitro benzene ring substituents is 2. The van der Waals surface area contributed by atoms with Gasteiger partial charge in [-0.15, -0.1) is 0 Å². The van der Waals surface area contributed by atoms with E-state index >= 15 is 0 Å². The second kappa shape index (κ2) is 8.00. The maximum Gasteiger partial charge on any atom is 0.301 e. The molecule has 0 radical (unpaired) electrons. The van der Waals surface area contributed by atoms with Gasteiger partial charge >= 0.3 is 5.69 Å². The number of allylic oxidation sites excluding steroid dienone is 4. The highest BCUT2D eigenvalue weighted by atomic mass is 16.6. The van der Waals surface area contributed by atoms with Crippen molar-refractivity contribution in [2.75, 3.05) is 5.43 Å². The second-order valence-corrected chi connectivity index (χ2v) is 5.30. The van der Waals surface area contributed by atoms with E-state index in [0.29, 0.717) is 5.71 Å². The molecular weight excluding hydrogens is 312 g/mol. The molecule has 0 bridgehead atoms. The fraction of sp³-hybridized carbons (Fsp3) is 0.312. The Hall–Kier alpha value is -3.03. The number of nitrogens with zero attached hydrogens (tertiary/aromatic N) is 3. The van der Waals surface area contributed by atoms with E-state index in [1.165, 1.54) is 12.1 Å². The Balaban J connectivity index is 2.32. The molecule has 0 heterocycles. The molecular formula is C16H18N4O4. The first-order valence-electron chi connectivity index (χ1n) is 7.61. The number of hydrogen-bond donors (Lipinski definition) is 1. The Morgan fingerprint density at radius 2 is 2.04 bits per heavy atom. The first-order chi connectivity index (χ1) is 11.5. The van der Waals surface area contributed by atoms with Gasteiger partial charge in [0.25, 0.3) is 5.69 Å². The van der Waals surface area contributed by atoms with Crippen molar-refractivity contribution in [3.8, 4) is 0 Å². The van der Waals surface area contributed by atoms with Crippen LogP contribution in [0.15, 0.2) is 47.1 Å². The average molecular weight is 330 g/mol. The zero-order valence-electron chi connectivity index (χ0n) is 13.3. The SMILES string of the molecule is C/C=C/C(=N\Nc1ccc([N+](=O)[O-])cc1[N+](=O)[O-])C1=CCCCC1. The van der Waals surface area contributed by atoms with Gasteiger partial charge in [-0.05, 0) is 50.3 Å². The van der Waals surface area contributed by atoms with Crippen molar-refractivity contribution < 1.29 is 9.85 Å². The summed E-state index contributed by atoms with van der Waals surface area (Å²) >= 11 is 0. The molecule has 24 heavy (non-hydrogen) atoms. The van der Waals surface area contributed by atoms with Crippen LogP contribution in [0.1, 0.15) is 32.6 Å². The lowest BCUT2D eigenvalue weighted by Gasteiger charge is -2.13. The fourth-order valence-electron chi connectivity index (χ4n) is 2.44. The Bertz CT molecular complexity index is 738. The highest BCUT2D eigenvalue weighted by Crippen LogP contribution is 2.29. The second-order valence-electron chi connectivity index (χ2n) is 5.30. The topological polar surface area (TPSA) is 111 Å². The normalized spacial score (nSPS) is 15.2. The number of rotatable bonds is 6. The molecule has 0 saturated heterocycles. The van der Waals surface area contributed by atoms with Crippen LogP contribution in [-0.2, 0) is 0 Å². The van der Waals surface area contributed by atoms with Crippen molar-refractivity contribution in [3.63, 3.8) is 0 Å². The number of hydrogen-bond acceptors (Lipinski definition) is 6. The van der Waals surface area contributed by atoms with Crippen LogP contribution in [0.5, 0.6) is 0 Å². The molecule has 8 heteroatoms. The largest absolute Gasteiger partial charge is 0.301 e. The van der Waals surface area contributed by atoms with Gasteiger partial charge in [0.15, 0.2) is 0 Å². The molecule has 1 aliphatic rings. The summed E-state index contributed by atoms with van der Waals surface area (Å²) < 4.78 is 0. The first-order valence-corrected chi connectivity index (χ1v) is 7.61. The number of non-ortho nitro benzene ring substituents is 1. The standard InChI is InChI=1S/C16H18N4O4/c1-2-6-14(12-7-4-3-5-8-12)17-18-15-10-9-13(19(21)22)11-16(15)20(23)24/h2,6-7,9-11,18H,3-5,8H2,1H3/b6-2+,17-14+. The van der Waals surface area contributed by atoms with Crippen LogP contribution in [0.3, 0.4) is 0 Å². The van der Waals surface area contributed by atoms with Crippen molar-refractivity contribution >= 4 is 22.8 Å². The Morgan fingerprint density at radius 3 is 2.62 bits per heavy atom. The fourth-order valence-corrected chi connectivity index (χ4v) is 2.44.